The van der Waals surface area contributed by atoms with Crippen molar-refractivity contribution in [2.45, 2.75) is 0 Å². The van der Waals surface area contributed by atoms with E-state index in [1.807, 2.05) is 0 Å². The highest BCUT2D eigenvalue weighted by molar-refractivity contribution is 9.10. The molecule has 6 heteroatoms. The van der Waals surface area contributed by atoms with Gasteiger partial charge in [-0.25, -0.2) is 4.98 Å². The van der Waals surface area contributed by atoms with Crippen molar-refractivity contribution in [3.63, 3.8) is 0 Å². The summed E-state index contributed by atoms with van der Waals surface area (Å²) in [6.07, 6.45) is 1.48. The lowest BCUT2D eigenvalue weighted by molar-refractivity contribution is 0.102. The topological polar surface area (TPSA) is 88.2 Å². The van der Waals surface area contributed by atoms with Crippen molar-refractivity contribution in [3.8, 4) is 5.75 Å². The van der Waals surface area contributed by atoms with Crippen LogP contribution < -0.4 is 11.1 Å². The van der Waals surface area contributed by atoms with Gasteiger partial charge in [-0.2, -0.15) is 0 Å². The van der Waals surface area contributed by atoms with Crippen LogP contribution in [0.5, 0.6) is 5.75 Å². The highest BCUT2D eigenvalue weighted by Crippen LogP contribution is 2.22. The Morgan fingerprint density at radius 2 is 2.17 bits per heavy atom. The average Bonchev–Trinajstić information content (AvgIpc) is 2.35. The highest BCUT2D eigenvalue weighted by Gasteiger charge is 2.10. The summed E-state index contributed by atoms with van der Waals surface area (Å²) in [5.41, 5.74) is 6.55. The van der Waals surface area contributed by atoms with Crippen LogP contribution in [0.3, 0.4) is 0 Å². The largest absolute Gasteiger partial charge is 0.504 e. The summed E-state index contributed by atoms with van der Waals surface area (Å²) in [5, 5.41) is 12.0. The first-order valence-electron chi connectivity index (χ1n) is 5.08. The number of amides is 1. The number of carbonyl (C=O) groups is 1. The third-order valence-electron chi connectivity index (χ3n) is 2.28. The van der Waals surface area contributed by atoms with Crippen LogP contribution in [-0.4, -0.2) is 16.0 Å². The number of hydrogen-bond donors (Lipinski definition) is 3. The normalized spacial score (nSPS) is 10.1. The van der Waals surface area contributed by atoms with Crippen molar-refractivity contribution in [1.82, 2.24) is 4.98 Å². The minimum atomic E-state index is -0.386. The molecule has 92 valence electrons. The van der Waals surface area contributed by atoms with Gasteiger partial charge in [0.25, 0.3) is 5.91 Å². The van der Waals surface area contributed by atoms with Crippen molar-refractivity contribution >= 4 is 33.3 Å². The van der Waals surface area contributed by atoms with Crippen molar-refractivity contribution in [3.05, 3.63) is 46.6 Å². The molecule has 0 aliphatic rings. The maximum absolute atomic E-state index is 11.9. The number of carbonyl (C=O) groups excluding carboxylic acids is 1. The molecule has 1 amide bonds. The molecule has 0 saturated heterocycles. The quantitative estimate of drug-likeness (QED) is 0.743. The van der Waals surface area contributed by atoms with E-state index in [0.29, 0.717) is 11.3 Å². The standard InChI is InChI=1S/C12H10BrN3O2/c13-8-4-3-7(6-9(8)14)12(18)16-11-10(17)2-1-5-15-11/h1-6,17H,14H2,(H,15,16,18). The number of nitrogens with one attached hydrogen (secondary N) is 1. The molecule has 0 aliphatic carbocycles. The Labute approximate surface area is 112 Å². The Hall–Kier alpha value is -2.08. The summed E-state index contributed by atoms with van der Waals surface area (Å²) in [6, 6.07) is 7.86. The summed E-state index contributed by atoms with van der Waals surface area (Å²) in [7, 11) is 0. The molecule has 0 unspecified atom stereocenters. The fourth-order valence-electron chi connectivity index (χ4n) is 1.36. The predicted molar refractivity (Wildman–Crippen MR) is 72.4 cm³/mol. The number of nitrogens with two attached hydrogens (primary N) is 1. The molecule has 2 rings (SSSR count). The SMILES string of the molecule is Nc1cc(C(=O)Nc2ncccc2O)ccc1Br. The van der Waals surface area contributed by atoms with Crippen LogP contribution in [0, 0.1) is 0 Å². The van der Waals surface area contributed by atoms with E-state index in [-0.39, 0.29) is 17.5 Å². The van der Waals surface area contributed by atoms with Gasteiger partial charge in [-0.1, -0.05) is 0 Å². The molecule has 0 bridgehead atoms. The van der Waals surface area contributed by atoms with Crippen molar-refractivity contribution in [1.29, 1.82) is 0 Å². The molecule has 0 aliphatic heterocycles. The molecule has 0 fully saturated rings. The molecule has 1 aromatic carbocycles. The fourth-order valence-corrected chi connectivity index (χ4v) is 1.60. The molecule has 2 aromatic rings. The predicted octanol–water partition coefficient (Wildman–Crippen LogP) is 2.38. The first-order valence-corrected chi connectivity index (χ1v) is 5.87. The number of pyridine rings is 1. The second-order valence-electron chi connectivity index (χ2n) is 3.56. The van der Waals surface area contributed by atoms with Gasteiger partial charge >= 0.3 is 0 Å². The van der Waals surface area contributed by atoms with Crippen LogP contribution in [0.2, 0.25) is 0 Å². The molecule has 4 N–H and O–H groups in total. The monoisotopic (exact) mass is 307 g/mol. The van der Waals surface area contributed by atoms with E-state index < -0.39 is 0 Å². The highest BCUT2D eigenvalue weighted by atomic mass is 79.9. The van der Waals surface area contributed by atoms with Crippen molar-refractivity contribution in [2.75, 3.05) is 11.1 Å². The Morgan fingerprint density at radius 1 is 1.39 bits per heavy atom. The average molecular weight is 308 g/mol. The molecule has 5 nitrogen and oxygen atoms in total. The molecule has 0 spiro atoms. The van der Waals surface area contributed by atoms with Gasteiger partial charge in [0, 0.05) is 21.9 Å². The second kappa shape index (κ2) is 5.05. The fraction of sp³-hybridized carbons (Fsp3) is 0. The molecule has 1 aromatic heterocycles. The Kier molecular flexibility index (Phi) is 3.47. The van der Waals surface area contributed by atoms with Gasteiger partial charge in [0.05, 0.1) is 0 Å². The zero-order valence-electron chi connectivity index (χ0n) is 9.22. The van der Waals surface area contributed by atoms with Crippen LogP contribution in [0.4, 0.5) is 11.5 Å². The van der Waals surface area contributed by atoms with Crippen LogP contribution in [-0.2, 0) is 0 Å². The molecule has 0 atom stereocenters. The second-order valence-corrected chi connectivity index (χ2v) is 4.42. The zero-order chi connectivity index (χ0) is 13.1. The van der Waals surface area contributed by atoms with Gasteiger partial charge in [0.2, 0.25) is 0 Å². The summed E-state index contributed by atoms with van der Waals surface area (Å²) in [4.78, 5) is 15.8. The van der Waals surface area contributed by atoms with Crippen molar-refractivity contribution in [2.24, 2.45) is 0 Å². The first-order chi connectivity index (χ1) is 8.58. The molecular weight excluding hydrogens is 298 g/mol. The number of benzene rings is 1. The van der Waals surface area contributed by atoms with Crippen LogP contribution in [0.15, 0.2) is 41.0 Å². The number of nitrogens with zero attached hydrogens (tertiary/aromatic N) is 1. The van der Waals surface area contributed by atoms with E-state index in [9.17, 15) is 9.90 Å². The maximum Gasteiger partial charge on any atom is 0.256 e. The minimum Gasteiger partial charge on any atom is -0.504 e. The number of aromatic hydroxyl groups is 1. The number of nitrogen functional groups attached to an aromatic ring is 1. The smallest absolute Gasteiger partial charge is 0.256 e. The zero-order valence-corrected chi connectivity index (χ0v) is 10.8. The summed E-state index contributed by atoms with van der Waals surface area (Å²) >= 11 is 3.25. The van der Waals surface area contributed by atoms with E-state index in [4.69, 9.17) is 5.73 Å². The summed E-state index contributed by atoms with van der Waals surface area (Å²) < 4.78 is 0.722. The molecule has 18 heavy (non-hydrogen) atoms. The van der Waals surface area contributed by atoms with Gasteiger partial charge in [-0.3, -0.25) is 4.79 Å². The lowest BCUT2D eigenvalue weighted by Crippen LogP contribution is -2.13. The Balaban J connectivity index is 2.22. The number of anilines is 2. The minimum absolute atomic E-state index is 0.0871. The summed E-state index contributed by atoms with van der Waals surface area (Å²) in [6.45, 7) is 0. The van der Waals surface area contributed by atoms with E-state index in [2.05, 4.69) is 26.2 Å². The lowest BCUT2D eigenvalue weighted by atomic mass is 10.2. The third kappa shape index (κ3) is 2.60. The molecule has 0 radical (unpaired) electrons. The van der Waals surface area contributed by atoms with Crippen LogP contribution >= 0.6 is 15.9 Å². The number of aromatic nitrogens is 1. The molecular formula is C12H10BrN3O2. The van der Waals surface area contributed by atoms with E-state index >= 15 is 0 Å². The van der Waals surface area contributed by atoms with Gasteiger partial charge in [0.1, 0.15) is 0 Å². The number of hydrogen-bond acceptors (Lipinski definition) is 4. The van der Waals surface area contributed by atoms with Crippen molar-refractivity contribution < 1.29 is 9.90 Å². The van der Waals surface area contributed by atoms with Gasteiger partial charge in [-0.05, 0) is 46.3 Å². The van der Waals surface area contributed by atoms with Gasteiger partial charge in [-0.15, -0.1) is 0 Å². The molecule has 1 heterocycles. The lowest BCUT2D eigenvalue weighted by Gasteiger charge is -2.07. The Bertz CT molecular complexity index is 602. The van der Waals surface area contributed by atoms with E-state index in [1.165, 1.54) is 12.3 Å². The summed E-state index contributed by atoms with van der Waals surface area (Å²) in [5.74, 6) is -0.358. The van der Waals surface area contributed by atoms with Gasteiger partial charge in [0.15, 0.2) is 11.6 Å². The number of rotatable bonds is 2. The number of halogens is 1. The maximum atomic E-state index is 11.9. The van der Waals surface area contributed by atoms with E-state index in [0.717, 1.165) is 4.47 Å². The Morgan fingerprint density at radius 3 is 2.83 bits per heavy atom. The van der Waals surface area contributed by atoms with Gasteiger partial charge < -0.3 is 16.2 Å². The molecule has 0 saturated carbocycles. The van der Waals surface area contributed by atoms with Crippen LogP contribution in [0.1, 0.15) is 10.4 Å². The van der Waals surface area contributed by atoms with Crippen LogP contribution in [0.25, 0.3) is 0 Å². The first kappa shape index (κ1) is 12.4. The third-order valence-corrected chi connectivity index (χ3v) is 3.00. The van der Waals surface area contributed by atoms with E-state index in [1.54, 1.807) is 24.3 Å².